The van der Waals surface area contributed by atoms with Crippen molar-refractivity contribution in [3.8, 4) is 17.6 Å². The van der Waals surface area contributed by atoms with Gasteiger partial charge >= 0.3 is 5.97 Å². The molecule has 1 rings (SSSR count). The minimum absolute atomic E-state index is 0.0295. The van der Waals surface area contributed by atoms with Gasteiger partial charge in [-0.25, -0.2) is 0 Å². The maximum atomic E-state index is 12.4. The first-order chi connectivity index (χ1) is 12.0. The number of unbranched alkanes of at least 4 members (excludes halogenated alkanes) is 3. The first-order valence-corrected chi connectivity index (χ1v) is 8.60. The Labute approximate surface area is 148 Å². The van der Waals surface area contributed by atoms with Gasteiger partial charge in [0.15, 0.2) is 5.78 Å². The van der Waals surface area contributed by atoms with Crippen LogP contribution in [0.25, 0.3) is 0 Å². The van der Waals surface area contributed by atoms with E-state index in [2.05, 4.69) is 6.07 Å². The van der Waals surface area contributed by atoms with Crippen LogP contribution in [0.3, 0.4) is 0 Å². The van der Waals surface area contributed by atoms with Crippen molar-refractivity contribution in [3.63, 3.8) is 0 Å². The fourth-order valence-electron chi connectivity index (χ4n) is 2.56. The van der Waals surface area contributed by atoms with Gasteiger partial charge in [0.1, 0.15) is 11.5 Å². The molecule has 136 valence electrons. The lowest BCUT2D eigenvalue weighted by molar-refractivity contribution is -0.137. The Morgan fingerprint density at radius 3 is 2.52 bits per heavy atom. The van der Waals surface area contributed by atoms with Gasteiger partial charge in [-0.15, -0.1) is 0 Å². The maximum absolute atomic E-state index is 12.4. The number of Topliss-reactive ketones (excluding diaryl/α,β-unsaturated/α-hetero) is 1. The number of carboxylic acid groups (broad SMARTS) is 1. The minimum atomic E-state index is -0.869. The van der Waals surface area contributed by atoms with Gasteiger partial charge in [0.05, 0.1) is 12.7 Å². The summed E-state index contributed by atoms with van der Waals surface area (Å²) in [7, 11) is 0. The number of carbonyl (C=O) groups is 2. The summed E-state index contributed by atoms with van der Waals surface area (Å²) in [6, 6.07) is 5.03. The highest BCUT2D eigenvalue weighted by atomic mass is 16.5. The summed E-state index contributed by atoms with van der Waals surface area (Å²) in [6.07, 6.45) is 3.76. The number of ketones is 1. The van der Waals surface area contributed by atoms with Crippen LogP contribution in [0.4, 0.5) is 0 Å². The second-order valence-electron chi connectivity index (χ2n) is 5.81. The first-order valence-electron chi connectivity index (χ1n) is 8.60. The number of ether oxygens (including phenoxy) is 1. The Morgan fingerprint density at radius 2 is 1.88 bits per heavy atom. The highest BCUT2D eigenvalue weighted by molar-refractivity contribution is 5.98. The number of aromatic hydroxyl groups is 1. The minimum Gasteiger partial charge on any atom is -0.508 e. The van der Waals surface area contributed by atoms with Crippen molar-refractivity contribution in [2.75, 3.05) is 6.61 Å². The van der Waals surface area contributed by atoms with Crippen molar-refractivity contribution < 1.29 is 24.5 Å². The molecule has 0 radical (unpaired) electrons. The molecule has 1 aromatic carbocycles. The molecule has 0 spiro atoms. The Hall–Kier alpha value is -2.55. The zero-order chi connectivity index (χ0) is 18.7. The van der Waals surface area contributed by atoms with E-state index in [4.69, 9.17) is 15.1 Å². The number of phenols is 1. The Bertz CT molecular complexity index is 633. The lowest BCUT2D eigenvalue weighted by atomic mass is 9.96. The standard InChI is InChI=1S/C19H25NO5/c1-2-15-16(17(22)8-4-5-9-19(23)24)12-14(21)13-18(15)25-11-7-3-6-10-20/h12-13,21H,2-9,11H2,1H3,(H,23,24). The predicted molar refractivity (Wildman–Crippen MR) is 92.9 cm³/mol. The number of carbonyl (C=O) groups excluding carboxylic acids is 1. The van der Waals surface area contributed by atoms with Gasteiger partial charge in [0.25, 0.3) is 0 Å². The third kappa shape index (κ3) is 7.25. The SMILES string of the molecule is CCc1c(OCCCCC#N)cc(O)cc1C(=O)CCCCC(=O)O. The van der Waals surface area contributed by atoms with E-state index in [0.29, 0.717) is 43.6 Å². The Kier molecular flexibility index (Phi) is 9.09. The number of aliphatic carboxylic acids is 1. The second-order valence-corrected chi connectivity index (χ2v) is 5.81. The molecule has 0 bridgehead atoms. The van der Waals surface area contributed by atoms with Crippen molar-refractivity contribution in [2.24, 2.45) is 0 Å². The summed E-state index contributed by atoms with van der Waals surface area (Å²) in [6.45, 7) is 2.33. The van der Waals surface area contributed by atoms with Crippen molar-refractivity contribution in [1.82, 2.24) is 0 Å². The molecule has 0 heterocycles. The van der Waals surface area contributed by atoms with Gasteiger partial charge in [0, 0.05) is 36.5 Å². The van der Waals surface area contributed by atoms with Crippen LogP contribution in [-0.4, -0.2) is 28.6 Å². The number of rotatable bonds is 12. The monoisotopic (exact) mass is 347 g/mol. The molecule has 0 amide bonds. The molecule has 0 saturated carbocycles. The molecule has 2 N–H and O–H groups in total. The van der Waals surface area contributed by atoms with Crippen LogP contribution in [0.1, 0.15) is 67.8 Å². The fraction of sp³-hybridized carbons (Fsp3) is 0.526. The third-order valence-electron chi connectivity index (χ3n) is 3.83. The van der Waals surface area contributed by atoms with Gasteiger partial charge in [-0.05, 0) is 38.2 Å². The second kappa shape index (κ2) is 11.1. The summed E-state index contributed by atoms with van der Waals surface area (Å²) >= 11 is 0. The molecule has 0 saturated heterocycles. The largest absolute Gasteiger partial charge is 0.508 e. The summed E-state index contributed by atoms with van der Waals surface area (Å²) < 4.78 is 5.70. The zero-order valence-electron chi connectivity index (χ0n) is 14.6. The lowest BCUT2D eigenvalue weighted by Gasteiger charge is -2.15. The number of hydrogen-bond acceptors (Lipinski definition) is 5. The predicted octanol–water partition coefficient (Wildman–Crippen LogP) is 3.85. The highest BCUT2D eigenvalue weighted by Crippen LogP contribution is 2.30. The van der Waals surface area contributed by atoms with E-state index in [0.717, 1.165) is 18.4 Å². The summed E-state index contributed by atoms with van der Waals surface area (Å²) in [4.78, 5) is 23.0. The molecule has 25 heavy (non-hydrogen) atoms. The van der Waals surface area contributed by atoms with E-state index < -0.39 is 5.97 Å². The molecule has 0 unspecified atom stereocenters. The maximum Gasteiger partial charge on any atom is 0.303 e. The molecule has 0 atom stereocenters. The van der Waals surface area contributed by atoms with Gasteiger partial charge in [-0.2, -0.15) is 5.26 Å². The molecule has 6 nitrogen and oxygen atoms in total. The van der Waals surface area contributed by atoms with Crippen LogP contribution in [0, 0.1) is 11.3 Å². The Balaban J connectivity index is 2.76. The smallest absolute Gasteiger partial charge is 0.303 e. The van der Waals surface area contributed by atoms with Gasteiger partial charge in [-0.1, -0.05) is 6.92 Å². The quantitative estimate of drug-likeness (QED) is 0.439. The van der Waals surface area contributed by atoms with Crippen LogP contribution >= 0.6 is 0 Å². The molecule has 1 aromatic rings. The van der Waals surface area contributed by atoms with E-state index in [9.17, 15) is 14.7 Å². The van der Waals surface area contributed by atoms with Crippen LogP contribution < -0.4 is 4.74 Å². The lowest BCUT2D eigenvalue weighted by Crippen LogP contribution is -2.07. The molecule has 0 aliphatic rings. The van der Waals surface area contributed by atoms with E-state index >= 15 is 0 Å². The molecule has 0 aliphatic carbocycles. The van der Waals surface area contributed by atoms with Gasteiger partial charge in [-0.3, -0.25) is 9.59 Å². The number of hydrogen-bond donors (Lipinski definition) is 2. The number of carboxylic acids is 1. The molecule has 0 aromatic heterocycles. The van der Waals surface area contributed by atoms with E-state index in [1.165, 1.54) is 12.1 Å². The third-order valence-corrected chi connectivity index (χ3v) is 3.83. The average Bonchev–Trinajstić information content (AvgIpc) is 2.57. The van der Waals surface area contributed by atoms with Gasteiger partial charge < -0.3 is 14.9 Å². The zero-order valence-corrected chi connectivity index (χ0v) is 14.6. The molecule has 0 aliphatic heterocycles. The fourth-order valence-corrected chi connectivity index (χ4v) is 2.56. The van der Waals surface area contributed by atoms with E-state index in [1.807, 2.05) is 6.92 Å². The van der Waals surface area contributed by atoms with Crippen LogP contribution in [-0.2, 0) is 11.2 Å². The average molecular weight is 347 g/mol. The molecular formula is C19H25NO5. The number of nitriles is 1. The van der Waals surface area contributed by atoms with E-state index in [1.54, 1.807) is 0 Å². The molecule has 6 heteroatoms. The highest BCUT2D eigenvalue weighted by Gasteiger charge is 2.17. The Morgan fingerprint density at radius 1 is 1.16 bits per heavy atom. The van der Waals surface area contributed by atoms with Crippen molar-refractivity contribution >= 4 is 11.8 Å². The van der Waals surface area contributed by atoms with Crippen LogP contribution in [0.2, 0.25) is 0 Å². The van der Waals surface area contributed by atoms with Crippen molar-refractivity contribution in [3.05, 3.63) is 23.3 Å². The molecular weight excluding hydrogens is 322 g/mol. The van der Waals surface area contributed by atoms with Crippen LogP contribution in [0.15, 0.2) is 12.1 Å². The first kappa shape index (κ1) is 20.5. The number of benzene rings is 1. The summed E-state index contributed by atoms with van der Waals surface area (Å²) in [5, 5.41) is 27.1. The van der Waals surface area contributed by atoms with Gasteiger partial charge in [0.2, 0.25) is 0 Å². The summed E-state index contributed by atoms with van der Waals surface area (Å²) in [5.74, 6) is -0.523. The number of phenolic OH excluding ortho intramolecular Hbond substituents is 1. The summed E-state index contributed by atoms with van der Waals surface area (Å²) in [5.41, 5.74) is 1.19. The van der Waals surface area contributed by atoms with Crippen molar-refractivity contribution in [2.45, 2.75) is 58.3 Å². The van der Waals surface area contributed by atoms with E-state index in [-0.39, 0.29) is 24.4 Å². The van der Waals surface area contributed by atoms with Crippen molar-refractivity contribution in [1.29, 1.82) is 5.26 Å². The topological polar surface area (TPSA) is 108 Å². The number of nitrogens with zero attached hydrogens (tertiary/aromatic N) is 1. The molecule has 0 fully saturated rings. The van der Waals surface area contributed by atoms with Crippen LogP contribution in [0.5, 0.6) is 11.5 Å². The normalized spacial score (nSPS) is 10.2.